The Balaban J connectivity index is 1.15. The zero-order valence-electron chi connectivity index (χ0n) is 23.8. The molecule has 2 N–H and O–H groups in total. The van der Waals surface area contributed by atoms with Gasteiger partial charge < -0.3 is 25.2 Å². The number of imidazole rings is 1. The molecule has 45 heavy (non-hydrogen) atoms. The summed E-state index contributed by atoms with van der Waals surface area (Å²) in [5, 5.41) is 6.55. The topological polar surface area (TPSA) is 104 Å². The van der Waals surface area contributed by atoms with Crippen molar-refractivity contribution in [2.75, 3.05) is 44.6 Å². The Labute approximate surface area is 259 Å². The summed E-state index contributed by atoms with van der Waals surface area (Å²) in [7, 11) is 0. The summed E-state index contributed by atoms with van der Waals surface area (Å²) in [4.78, 5) is 38.2. The Morgan fingerprint density at radius 1 is 1.00 bits per heavy atom. The smallest absolute Gasteiger partial charge is 0.387 e. The highest BCUT2D eigenvalue weighted by molar-refractivity contribution is 6.34. The second-order valence-electron chi connectivity index (χ2n) is 10.7. The van der Waals surface area contributed by atoms with Gasteiger partial charge in [0.05, 0.1) is 22.5 Å². The molecule has 10 nitrogen and oxygen atoms in total. The van der Waals surface area contributed by atoms with E-state index < -0.39 is 24.0 Å². The van der Waals surface area contributed by atoms with Crippen molar-refractivity contribution in [1.29, 1.82) is 0 Å². The van der Waals surface area contributed by atoms with Crippen LogP contribution in [0.3, 0.4) is 0 Å². The zero-order valence-corrected chi connectivity index (χ0v) is 24.5. The lowest BCUT2D eigenvalue weighted by Crippen LogP contribution is -2.52. The molecule has 0 unspecified atom stereocenters. The van der Waals surface area contributed by atoms with Gasteiger partial charge in [-0.25, -0.2) is 14.4 Å². The van der Waals surface area contributed by atoms with Crippen LogP contribution < -0.4 is 15.4 Å². The number of ether oxygens (including phenoxy) is 1. The number of anilines is 2. The number of aromatic nitrogens is 3. The van der Waals surface area contributed by atoms with E-state index in [0.717, 1.165) is 38.1 Å². The number of amides is 2. The molecule has 0 spiro atoms. The van der Waals surface area contributed by atoms with E-state index in [2.05, 4.69) is 25.3 Å². The van der Waals surface area contributed by atoms with E-state index >= 15 is 0 Å². The maximum absolute atomic E-state index is 14.8. The first-order valence-corrected chi connectivity index (χ1v) is 14.7. The first-order chi connectivity index (χ1) is 21.7. The number of piperidine rings is 1. The fraction of sp³-hybridized carbons (Fsp3) is 0.333. The molecule has 2 fully saturated rings. The molecule has 0 radical (unpaired) electrons. The van der Waals surface area contributed by atoms with Gasteiger partial charge in [-0.3, -0.25) is 14.0 Å². The molecular formula is C30H28ClF4N7O3. The molecule has 15 heteroatoms. The van der Waals surface area contributed by atoms with Crippen LogP contribution in [0.2, 0.25) is 5.02 Å². The van der Waals surface area contributed by atoms with E-state index in [1.807, 2.05) is 4.90 Å². The lowest BCUT2D eigenvalue weighted by atomic mass is 9.96. The monoisotopic (exact) mass is 645 g/mol. The molecule has 6 rings (SSSR count). The Morgan fingerprint density at radius 3 is 2.44 bits per heavy atom. The third-order valence-corrected chi connectivity index (χ3v) is 8.31. The van der Waals surface area contributed by atoms with E-state index in [9.17, 15) is 27.2 Å². The van der Waals surface area contributed by atoms with E-state index in [1.165, 1.54) is 23.0 Å². The fourth-order valence-corrected chi connectivity index (χ4v) is 5.91. The third kappa shape index (κ3) is 6.25. The number of rotatable bonds is 7. The van der Waals surface area contributed by atoms with Gasteiger partial charge in [-0.2, -0.15) is 13.2 Å². The van der Waals surface area contributed by atoms with Crippen molar-refractivity contribution in [1.82, 2.24) is 29.5 Å². The molecule has 2 amide bonds. The van der Waals surface area contributed by atoms with Gasteiger partial charge in [0, 0.05) is 55.7 Å². The molecule has 0 atom stereocenters. The Bertz CT molecular complexity index is 1740. The molecule has 236 valence electrons. The lowest BCUT2D eigenvalue weighted by Gasteiger charge is -2.37. The highest BCUT2D eigenvalue weighted by atomic mass is 35.5. The summed E-state index contributed by atoms with van der Waals surface area (Å²) >= 11 is 6.54. The number of piperazine rings is 1. The normalized spacial score (nSPS) is 16.0. The summed E-state index contributed by atoms with van der Waals surface area (Å²) in [6.45, 7) is 0.129. The quantitative estimate of drug-likeness (QED) is 0.274. The van der Waals surface area contributed by atoms with Crippen molar-refractivity contribution in [3.63, 3.8) is 0 Å². The van der Waals surface area contributed by atoms with Crippen LogP contribution in [0, 0.1) is 17.6 Å². The van der Waals surface area contributed by atoms with E-state index in [4.69, 9.17) is 11.6 Å². The van der Waals surface area contributed by atoms with Crippen molar-refractivity contribution in [2.24, 2.45) is 5.92 Å². The molecule has 2 aliphatic rings. The standard InChI is InChI=1S/C30H28ClF4N7O3/c31-21-15-18(1-2-19(21)29(44)41-13-11-40(12-14-41)28(43)17-5-7-36-8-6-17)39-26-27-38-16-22(42(27)10-9-37-26)20-3-4-23(45-30(34)35)25(33)24(20)32/h1-4,9-10,15-17,30,36H,5-8,11-14H2,(H,37,39). The summed E-state index contributed by atoms with van der Waals surface area (Å²) in [6, 6.07) is 6.85. The van der Waals surface area contributed by atoms with Crippen LogP contribution >= 0.6 is 11.6 Å². The number of nitrogens with one attached hydrogen (secondary N) is 2. The van der Waals surface area contributed by atoms with Gasteiger partial charge in [0.2, 0.25) is 11.7 Å². The van der Waals surface area contributed by atoms with Crippen LogP contribution in [-0.2, 0) is 4.79 Å². The van der Waals surface area contributed by atoms with Crippen LogP contribution in [0.4, 0.5) is 29.1 Å². The van der Waals surface area contributed by atoms with Crippen molar-refractivity contribution in [3.8, 4) is 17.0 Å². The Kier molecular flexibility index (Phi) is 8.76. The van der Waals surface area contributed by atoms with Crippen molar-refractivity contribution >= 4 is 40.6 Å². The first-order valence-electron chi connectivity index (χ1n) is 14.3. The zero-order chi connectivity index (χ0) is 31.7. The average molecular weight is 646 g/mol. The van der Waals surface area contributed by atoms with Crippen LogP contribution in [0.5, 0.6) is 5.75 Å². The van der Waals surface area contributed by atoms with Crippen molar-refractivity contribution in [3.05, 3.63) is 71.1 Å². The predicted octanol–water partition coefficient (Wildman–Crippen LogP) is 4.96. The number of alkyl halides is 2. The van der Waals surface area contributed by atoms with Gasteiger partial charge in [-0.15, -0.1) is 0 Å². The molecule has 2 aromatic heterocycles. The lowest BCUT2D eigenvalue weighted by molar-refractivity contribution is -0.137. The van der Waals surface area contributed by atoms with Gasteiger partial charge in [0.25, 0.3) is 5.91 Å². The number of carbonyl (C=O) groups excluding carboxylic acids is 2. The summed E-state index contributed by atoms with van der Waals surface area (Å²) < 4.78 is 59.8. The molecule has 4 heterocycles. The molecule has 0 aliphatic carbocycles. The maximum Gasteiger partial charge on any atom is 0.387 e. The highest BCUT2D eigenvalue weighted by Crippen LogP contribution is 2.33. The van der Waals surface area contributed by atoms with Crippen LogP contribution in [0.1, 0.15) is 23.2 Å². The predicted molar refractivity (Wildman–Crippen MR) is 158 cm³/mol. The summed E-state index contributed by atoms with van der Waals surface area (Å²) in [6.07, 6.45) is 5.85. The average Bonchev–Trinajstić information content (AvgIpc) is 3.48. The van der Waals surface area contributed by atoms with Crippen molar-refractivity contribution < 1.29 is 31.9 Å². The molecule has 0 saturated carbocycles. The number of halogens is 5. The summed E-state index contributed by atoms with van der Waals surface area (Å²) in [5.74, 6) is -3.63. The fourth-order valence-electron chi connectivity index (χ4n) is 5.65. The summed E-state index contributed by atoms with van der Waals surface area (Å²) in [5.41, 5.74) is 0.984. The first kappa shape index (κ1) is 30.6. The second kappa shape index (κ2) is 12.9. The van der Waals surface area contributed by atoms with Crippen LogP contribution in [0.25, 0.3) is 16.9 Å². The highest BCUT2D eigenvalue weighted by Gasteiger charge is 2.30. The van der Waals surface area contributed by atoms with Gasteiger partial charge in [0.15, 0.2) is 23.0 Å². The van der Waals surface area contributed by atoms with Crippen molar-refractivity contribution in [2.45, 2.75) is 19.5 Å². The van der Waals surface area contributed by atoms with E-state index in [0.29, 0.717) is 37.4 Å². The minimum absolute atomic E-state index is 0.0303. The Morgan fingerprint density at radius 2 is 1.73 bits per heavy atom. The molecular weight excluding hydrogens is 618 g/mol. The SMILES string of the molecule is O=C(c1ccc(Nc2nccn3c(-c4ccc(OC(F)F)c(F)c4F)cnc23)cc1Cl)N1CCN(C(=O)C2CCNCC2)CC1. The molecule has 2 aliphatic heterocycles. The number of carbonyl (C=O) groups is 2. The third-order valence-electron chi connectivity index (χ3n) is 8.00. The van der Waals surface area contributed by atoms with E-state index in [-0.39, 0.29) is 45.5 Å². The largest absolute Gasteiger partial charge is 0.432 e. The minimum atomic E-state index is -3.31. The molecule has 4 aromatic rings. The number of benzene rings is 2. The molecule has 2 saturated heterocycles. The van der Waals surface area contributed by atoms with Gasteiger partial charge in [-0.05, 0) is 56.3 Å². The van der Waals surface area contributed by atoms with Gasteiger partial charge in [-0.1, -0.05) is 11.6 Å². The maximum atomic E-state index is 14.8. The number of fused-ring (bicyclic) bond motifs is 1. The number of hydrogen-bond donors (Lipinski definition) is 2. The number of hydrogen-bond acceptors (Lipinski definition) is 7. The van der Waals surface area contributed by atoms with Gasteiger partial charge in [0.1, 0.15) is 0 Å². The van der Waals surface area contributed by atoms with E-state index in [1.54, 1.807) is 23.1 Å². The second-order valence-corrected chi connectivity index (χ2v) is 11.1. The van der Waals surface area contributed by atoms with Gasteiger partial charge >= 0.3 is 6.61 Å². The van der Waals surface area contributed by atoms with Crippen LogP contribution in [0.15, 0.2) is 48.9 Å². The number of nitrogens with zero attached hydrogens (tertiary/aromatic N) is 5. The minimum Gasteiger partial charge on any atom is -0.432 e. The Hall–Kier alpha value is -4.43. The molecule has 2 aromatic carbocycles. The molecule has 0 bridgehead atoms. The van der Waals surface area contributed by atoms with Crippen LogP contribution in [-0.4, -0.2) is 81.9 Å².